The van der Waals surface area contributed by atoms with Crippen LogP contribution in [0.25, 0.3) is 0 Å². The molecule has 1 rings (SSSR count). The van der Waals surface area contributed by atoms with E-state index < -0.39 is 11.0 Å². The summed E-state index contributed by atoms with van der Waals surface area (Å²) < 4.78 is 15.5. The molecule has 0 aromatic heterocycles. The summed E-state index contributed by atoms with van der Waals surface area (Å²) in [6.07, 6.45) is 7.30. The number of hydrogen-bond donors (Lipinski definition) is 1. The third-order valence-electron chi connectivity index (χ3n) is 3.13. The lowest BCUT2D eigenvalue weighted by Gasteiger charge is -2.17. The van der Waals surface area contributed by atoms with Crippen LogP contribution in [0.15, 0.2) is 41.8 Å². The fourth-order valence-electron chi connectivity index (χ4n) is 1.91. The molecule has 106 valence electrons. The van der Waals surface area contributed by atoms with Crippen molar-refractivity contribution >= 4 is 11.0 Å². The van der Waals surface area contributed by atoms with Gasteiger partial charge in [0.1, 0.15) is 11.0 Å². The van der Waals surface area contributed by atoms with Crippen LogP contribution in [0, 0.1) is 6.92 Å². The molecule has 0 fully saturated rings. The van der Waals surface area contributed by atoms with Gasteiger partial charge in [-0.2, -0.15) is 0 Å². The number of benzene rings is 1. The van der Waals surface area contributed by atoms with Crippen LogP contribution < -0.4 is 4.72 Å². The van der Waals surface area contributed by atoms with Gasteiger partial charge >= 0.3 is 0 Å². The smallest absolute Gasteiger partial charge is 0.125 e. The number of nitrogens with one attached hydrogen (secondary N) is 1. The molecule has 3 heteroatoms. The van der Waals surface area contributed by atoms with Crippen molar-refractivity contribution in [2.45, 2.75) is 56.9 Å². The zero-order valence-corrected chi connectivity index (χ0v) is 12.8. The van der Waals surface area contributed by atoms with Crippen molar-refractivity contribution in [3.63, 3.8) is 0 Å². The molecule has 0 radical (unpaired) electrons. The van der Waals surface area contributed by atoms with Crippen LogP contribution in [0.4, 0.5) is 0 Å². The Morgan fingerprint density at radius 1 is 1.32 bits per heavy atom. The summed E-state index contributed by atoms with van der Waals surface area (Å²) in [6, 6.07) is 8.17. The summed E-state index contributed by atoms with van der Waals surface area (Å²) in [5.41, 5.74) is 1.19. The largest absolute Gasteiger partial charge is 0.237 e. The number of unbranched alkanes of at least 4 members (excludes halogenated alkanes) is 1. The van der Waals surface area contributed by atoms with Crippen LogP contribution in [0.3, 0.4) is 0 Å². The summed E-state index contributed by atoms with van der Waals surface area (Å²) in [6.45, 7) is 7.97. The van der Waals surface area contributed by atoms with Gasteiger partial charge in [-0.15, -0.1) is 6.58 Å². The Bertz CT molecular complexity index is 400. The molecule has 1 N–H and O–H groups in total. The molecule has 0 amide bonds. The molecule has 2 atom stereocenters. The minimum atomic E-state index is -1.11. The van der Waals surface area contributed by atoms with E-state index in [-0.39, 0.29) is 0 Å². The van der Waals surface area contributed by atoms with E-state index in [1.165, 1.54) is 18.4 Å². The minimum absolute atomic E-state index is 0.306. The van der Waals surface area contributed by atoms with Crippen LogP contribution in [-0.4, -0.2) is 10.3 Å². The Labute approximate surface area is 119 Å². The lowest BCUT2D eigenvalue weighted by Crippen LogP contribution is -2.30. The first kappa shape index (κ1) is 16.1. The Balaban J connectivity index is 2.58. The van der Waals surface area contributed by atoms with Gasteiger partial charge in [-0.25, -0.2) is 8.93 Å². The molecule has 2 nitrogen and oxygen atoms in total. The molecule has 1 aromatic rings. The maximum atomic E-state index is 12.3. The Hall–Kier alpha value is -0.930. The van der Waals surface area contributed by atoms with Crippen molar-refractivity contribution in [3.05, 3.63) is 42.5 Å². The maximum Gasteiger partial charge on any atom is 0.125 e. The summed E-state index contributed by atoms with van der Waals surface area (Å²) in [5.74, 6) is 0. The highest BCUT2D eigenvalue weighted by molar-refractivity contribution is 7.83. The van der Waals surface area contributed by atoms with Crippen molar-refractivity contribution in [2.24, 2.45) is 0 Å². The monoisotopic (exact) mass is 279 g/mol. The number of rotatable bonds is 9. The van der Waals surface area contributed by atoms with E-state index in [1.807, 2.05) is 37.3 Å². The van der Waals surface area contributed by atoms with Crippen LogP contribution in [0.5, 0.6) is 0 Å². The predicted molar refractivity (Wildman–Crippen MR) is 83.5 cm³/mol. The molecule has 0 heterocycles. The van der Waals surface area contributed by atoms with Crippen molar-refractivity contribution in [2.75, 3.05) is 0 Å². The van der Waals surface area contributed by atoms with Crippen molar-refractivity contribution < 1.29 is 4.21 Å². The van der Waals surface area contributed by atoms with Gasteiger partial charge in [0.2, 0.25) is 0 Å². The van der Waals surface area contributed by atoms with Crippen LogP contribution in [0.1, 0.15) is 44.6 Å². The quantitative estimate of drug-likeness (QED) is 0.677. The molecular weight excluding hydrogens is 254 g/mol. The standard InChI is InChI=1S/C16H25NOS/c1-4-6-8-15(9-7-5-2)17-19(18)16-12-10-14(3)11-13-16/h4,10-13,15,17H,1,5-9H2,2-3H3/t15-,19?/m0/s1. The Morgan fingerprint density at radius 2 is 2.00 bits per heavy atom. The summed E-state index contributed by atoms with van der Waals surface area (Å²) >= 11 is 0. The summed E-state index contributed by atoms with van der Waals surface area (Å²) in [5, 5.41) is 0. The van der Waals surface area contributed by atoms with Gasteiger partial charge in [0.05, 0.1) is 4.90 Å². The second kappa shape index (κ2) is 9.05. The molecule has 0 saturated carbocycles. The minimum Gasteiger partial charge on any atom is -0.237 e. The zero-order chi connectivity index (χ0) is 14.1. The number of aryl methyl sites for hydroxylation is 1. The lowest BCUT2D eigenvalue weighted by atomic mass is 10.1. The van der Waals surface area contributed by atoms with Gasteiger partial charge < -0.3 is 0 Å². The van der Waals surface area contributed by atoms with E-state index in [0.717, 1.165) is 24.2 Å². The zero-order valence-electron chi connectivity index (χ0n) is 12.0. The fourth-order valence-corrected chi connectivity index (χ4v) is 2.97. The first-order valence-corrected chi connectivity index (χ1v) is 8.17. The fraction of sp³-hybridized carbons (Fsp3) is 0.500. The third-order valence-corrected chi connectivity index (χ3v) is 4.38. The first-order valence-electron chi connectivity index (χ1n) is 7.03. The van der Waals surface area contributed by atoms with Crippen LogP contribution in [0.2, 0.25) is 0 Å². The van der Waals surface area contributed by atoms with E-state index in [9.17, 15) is 4.21 Å². The molecule has 19 heavy (non-hydrogen) atoms. The SMILES string of the molecule is C=CCC[C@@H](CCCC)NS(=O)c1ccc(C)cc1. The topological polar surface area (TPSA) is 29.1 Å². The average Bonchev–Trinajstić information content (AvgIpc) is 2.42. The van der Waals surface area contributed by atoms with Gasteiger partial charge in [-0.05, 0) is 38.3 Å². The van der Waals surface area contributed by atoms with Crippen LogP contribution in [-0.2, 0) is 11.0 Å². The molecule has 0 aliphatic rings. The van der Waals surface area contributed by atoms with Gasteiger partial charge in [0, 0.05) is 6.04 Å². The Kier molecular flexibility index (Phi) is 7.68. The van der Waals surface area contributed by atoms with Gasteiger partial charge in [-0.3, -0.25) is 0 Å². The molecule has 1 unspecified atom stereocenters. The molecule has 0 aliphatic carbocycles. The highest BCUT2D eigenvalue weighted by Gasteiger charge is 2.12. The highest BCUT2D eigenvalue weighted by Crippen LogP contribution is 2.12. The Morgan fingerprint density at radius 3 is 2.58 bits per heavy atom. The molecular formula is C16H25NOS. The van der Waals surface area contributed by atoms with E-state index in [0.29, 0.717) is 6.04 Å². The summed E-state index contributed by atoms with van der Waals surface area (Å²) in [4.78, 5) is 0.853. The second-order valence-electron chi connectivity index (χ2n) is 4.90. The van der Waals surface area contributed by atoms with Crippen molar-refractivity contribution in [1.29, 1.82) is 0 Å². The van der Waals surface area contributed by atoms with E-state index >= 15 is 0 Å². The molecule has 0 saturated heterocycles. The normalized spacial score (nSPS) is 14.0. The van der Waals surface area contributed by atoms with E-state index in [2.05, 4.69) is 18.2 Å². The van der Waals surface area contributed by atoms with Gasteiger partial charge in [-0.1, -0.05) is 43.5 Å². The van der Waals surface area contributed by atoms with E-state index in [4.69, 9.17) is 0 Å². The van der Waals surface area contributed by atoms with Crippen molar-refractivity contribution in [1.82, 2.24) is 4.72 Å². The number of allylic oxidation sites excluding steroid dienone is 1. The lowest BCUT2D eigenvalue weighted by molar-refractivity contribution is 0.509. The predicted octanol–water partition coefficient (Wildman–Crippen LogP) is 4.13. The van der Waals surface area contributed by atoms with Gasteiger partial charge in [0.25, 0.3) is 0 Å². The summed E-state index contributed by atoms with van der Waals surface area (Å²) in [7, 11) is -1.11. The highest BCUT2D eigenvalue weighted by atomic mass is 32.2. The number of hydrogen-bond acceptors (Lipinski definition) is 1. The third kappa shape index (κ3) is 6.17. The molecule has 0 aliphatic heterocycles. The molecule has 0 spiro atoms. The maximum absolute atomic E-state index is 12.3. The second-order valence-corrected chi connectivity index (χ2v) is 6.15. The molecule has 0 bridgehead atoms. The van der Waals surface area contributed by atoms with Gasteiger partial charge in [0.15, 0.2) is 0 Å². The van der Waals surface area contributed by atoms with Crippen molar-refractivity contribution in [3.8, 4) is 0 Å². The van der Waals surface area contributed by atoms with E-state index in [1.54, 1.807) is 0 Å². The molecule has 1 aromatic carbocycles. The average molecular weight is 279 g/mol. The van der Waals surface area contributed by atoms with Crippen LogP contribution >= 0.6 is 0 Å². The first-order chi connectivity index (χ1) is 9.17.